The number of carbonyl (C=O) groups is 1. The van der Waals surface area contributed by atoms with Crippen LogP contribution in [0.3, 0.4) is 0 Å². The summed E-state index contributed by atoms with van der Waals surface area (Å²) in [7, 11) is 0. The van der Waals surface area contributed by atoms with Gasteiger partial charge in [0.05, 0.1) is 10.5 Å². The van der Waals surface area contributed by atoms with Crippen LogP contribution in [0.25, 0.3) is 11.1 Å². The molecule has 2 aromatic rings. The van der Waals surface area contributed by atoms with E-state index in [2.05, 4.69) is 0 Å². The molecule has 2 rings (SSSR count). The Kier molecular flexibility index (Phi) is 3.05. The molecule has 0 unspecified atom stereocenters. The summed E-state index contributed by atoms with van der Waals surface area (Å²) in [5.74, 6) is -0.0874. The third-order valence-electron chi connectivity index (χ3n) is 2.57. The van der Waals surface area contributed by atoms with Gasteiger partial charge in [-0.2, -0.15) is 0 Å². The van der Waals surface area contributed by atoms with Gasteiger partial charge in [0.1, 0.15) is 5.75 Å². The lowest BCUT2D eigenvalue weighted by molar-refractivity contribution is -0.384. The molecule has 5 nitrogen and oxygen atoms in total. The monoisotopic (exact) mass is 243 g/mol. The topological polar surface area (TPSA) is 80.4 Å². The average Bonchev–Trinajstić information content (AvgIpc) is 2.39. The molecule has 0 aromatic heterocycles. The summed E-state index contributed by atoms with van der Waals surface area (Å²) < 4.78 is 0. The maximum atomic E-state index is 10.7. The molecule has 0 aliphatic carbocycles. The number of rotatable bonds is 3. The SMILES string of the molecule is O=Cc1cc(-c2ccc([N+](=O)[O-])cc2)ccc1O. The highest BCUT2D eigenvalue weighted by molar-refractivity contribution is 5.82. The van der Waals surface area contributed by atoms with Gasteiger partial charge in [0.2, 0.25) is 0 Å². The Balaban J connectivity index is 2.42. The Morgan fingerprint density at radius 1 is 1.06 bits per heavy atom. The zero-order valence-corrected chi connectivity index (χ0v) is 9.24. The second-order valence-electron chi connectivity index (χ2n) is 3.70. The predicted octanol–water partition coefficient (Wildman–Crippen LogP) is 2.78. The van der Waals surface area contributed by atoms with Crippen molar-refractivity contribution in [3.63, 3.8) is 0 Å². The van der Waals surface area contributed by atoms with Gasteiger partial charge in [0, 0.05) is 12.1 Å². The van der Waals surface area contributed by atoms with Crippen LogP contribution in [0.4, 0.5) is 5.69 Å². The van der Waals surface area contributed by atoms with Crippen molar-refractivity contribution < 1.29 is 14.8 Å². The largest absolute Gasteiger partial charge is 0.507 e. The fourth-order valence-corrected chi connectivity index (χ4v) is 1.60. The molecule has 1 N–H and O–H groups in total. The number of non-ortho nitro benzene ring substituents is 1. The average molecular weight is 243 g/mol. The van der Waals surface area contributed by atoms with Crippen LogP contribution in [0.15, 0.2) is 42.5 Å². The molecular formula is C13H9NO4. The number of phenols is 1. The normalized spacial score (nSPS) is 10.0. The Hall–Kier alpha value is -2.69. The molecule has 0 heterocycles. The number of phenolic OH excluding ortho intramolecular Hbond substituents is 1. The number of nitro groups is 1. The minimum Gasteiger partial charge on any atom is -0.507 e. The zero-order chi connectivity index (χ0) is 13.1. The quantitative estimate of drug-likeness (QED) is 0.510. The van der Waals surface area contributed by atoms with Gasteiger partial charge >= 0.3 is 0 Å². The zero-order valence-electron chi connectivity index (χ0n) is 9.24. The van der Waals surface area contributed by atoms with E-state index in [0.29, 0.717) is 11.8 Å². The smallest absolute Gasteiger partial charge is 0.269 e. The highest BCUT2D eigenvalue weighted by Gasteiger charge is 2.07. The summed E-state index contributed by atoms with van der Waals surface area (Å²) in [6.45, 7) is 0. The molecule has 0 aliphatic heterocycles. The maximum Gasteiger partial charge on any atom is 0.269 e. The van der Waals surface area contributed by atoms with Crippen molar-refractivity contribution in [3.05, 3.63) is 58.1 Å². The summed E-state index contributed by atoms with van der Waals surface area (Å²) >= 11 is 0. The minimum absolute atomic E-state index is 0.00754. The van der Waals surface area contributed by atoms with E-state index in [9.17, 15) is 20.0 Å². The van der Waals surface area contributed by atoms with E-state index in [1.807, 2.05) is 0 Å². The summed E-state index contributed by atoms with van der Waals surface area (Å²) in [6, 6.07) is 10.6. The number of aromatic hydroxyl groups is 1. The van der Waals surface area contributed by atoms with Gasteiger partial charge in [-0.1, -0.05) is 6.07 Å². The van der Waals surface area contributed by atoms with Crippen LogP contribution in [0.1, 0.15) is 10.4 Å². The fraction of sp³-hybridized carbons (Fsp3) is 0. The van der Waals surface area contributed by atoms with Crippen LogP contribution in [-0.2, 0) is 0 Å². The second-order valence-corrected chi connectivity index (χ2v) is 3.70. The van der Waals surface area contributed by atoms with Crippen molar-refractivity contribution in [1.82, 2.24) is 0 Å². The first-order valence-corrected chi connectivity index (χ1v) is 5.15. The fourth-order valence-electron chi connectivity index (χ4n) is 1.60. The number of benzene rings is 2. The third-order valence-corrected chi connectivity index (χ3v) is 2.57. The van der Waals surface area contributed by atoms with Crippen LogP contribution < -0.4 is 0 Å². The maximum absolute atomic E-state index is 10.7. The van der Waals surface area contributed by atoms with Crippen molar-refractivity contribution in [2.75, 3.05) is 0 Å². The standard InChI is InChI=1S/C13H9NO4/c15-8-11-7-10(3-6-13(11)16)9-1-4-12(5-2-9)14(17)18/h1-8,16H. The molecule has 18 heavy (non-hydrogen) atoms. The van der Waals surface area contributed by atoms with E-state index in [4.69, 9.17) is 0 Å². The number of aldehydes is 1. The van der Waals surface area contributed by atoms with E-state index in [0.717, 1.165) is 5.56 Å². The van der Waals surface area contributed by atoms with Crippen LogP contribution in [0.2, 0.25) is 0 Å². The lowest BCUT2D eigenvalue weighted by Gasteiger charge is -2.03. The van der Waals surface area contributed by atoms with Gasteiger partial charge in [-0.15, -0.1) is 0 Å². The van der Waals surface area contributed by atoms with E-state index in [1.165, 1.54) is 24.3 Å². The molecule has 0 bridgehead atoms. The summed E-state index contributed by atoms with van der Waals surface area (Å²) in [6.07, 6.45) is 0.560. The summed E-state index contributed by atoms with van der Waals surface area (Å²) in [5, 5.41) is 19.9. The molecular weight excluding hydrogens is 234 g/mol. The van der Waals surface area contributed by atoms with Crippen molar-refractivity contribution in [2.45, 2.75) is 0 Å². The van der Waals surface area contributed by atoms with E-state index in [1.54, 1.807) is 18.2 Å². The van der Waals surface area contributed by atoms with Gasteiger partial charge in [-0.3, -0.25) is 14.9 Å². The highest BCUT2D eigenvalue weighted by Crippen LogP contribution is 2.26. The Morgan fingerprint density at radius 3 is 2.22 bits per heavy atom. The van der Waals surface area contributed by atoms with Crippen LogP contribution in [0.5, 0.6) is 5.75 Å². The van der Waals surface area contributed by atoms with Crippen LogP contribution in [-0.4, -0.2) is 16.3 Å². The Bertz CT molecular complexity index is 605. The molecule has 0 fully saturated rings. The van der Waals surface area contributed by atoms with Gasteiger partial charge in [-0.25, -0.2) is 0 Å². The molecule has 5 heteroatoms. The van der Waals surface area contributed by atoms with Crippen molar-refractivity contribution >= 4 is 12.0 Å². The lowest BCUT2D eigenvalue weighted by atomic mass is 10.0. The summed E-state index contributed by atoms with van der Waals surface area (Å²) in [4.78, 5) is 20.8. The number of carbonyl (C=O) groups excluding carboxylic acids is 1. The molecule has 2 aromatic carbocycles. The van der Waals surface area contributed by atoms with Crippen molar-refractivity contribution in [1.29, 1.82) is 0 Å². The summed E-state index contributed by atoms with van der Waals surface area (Å²) in [5.41, 5.74) is 1.65. The first-order chi connectivity index (χ1) is 8.61. The highest BCUT2D eigenvalue weighted by atomic mass is 16.6. The van der Waals surface area contributed by atoms with E-state index < -0.39 is 4.92 Å². The first kappa shape index (κ1) is 11.8. The molecule has 0 aliphatic rings. The number of hydrogen-bond donors (Lipinski definition) is 1. The Morgan fingerprint density at radius 2 is 1.67 bits per heavy atom. The molecule has 90 valence electrons. The molecule has 0 radical (unpaired) electrons. The molecule has 0 spiro atoms. The van der Waals surface area contributed by atoms with Crippen LogP contribution in [0, 0.1) is 10.1 Å². The van der Waals surface area contributed by atoms with Crippen molar-refractivity contribution in [3.8, 4) is 16.9 Å². The van der Waals surface area contributed by atoms with Crippen molar-refractivity contribution in [2.24, 2.45) is 0 Å². The second kappa shape index (κ2) is 4.67. The third kappa shape index (κ3) is 2.20. The number of hydrogen-bond acceptors (Lipinski definition) is 4. The van der Waals surface area contributed by atoms with Crippen LogP contribution >= 0.6 is 0 Å². The number of nitro benzene ring substituents is 1. The van der Waals surface area contributed by atoms with Gasteiger partial charge in [-0.05, 0) is 35.4 Å². The van der Waals surface area contributed by atoms with Gasteiger partial charge < -0.3 is 5.11 Å². The molecule has 0 saturated carbocycles. The Labute approximate surface area is 102 Å². The predicted molar refractivity (Wildman–Crippen MR) is 65.6 cm³/mol. The molecule has 0 saturated heterocycles. The first-order valence-electron chi connectivity index (χ1n) is 5.15. The van der Waals surface area contributed by atoms with Gasteiger partial charge in [0.25, 0.3) is 5.69 Å². The van der Waals surface area contributed by atoms with Gasteiger partial charge in [0.15, 0.2) is 6.29 Å². The minimum atomic E-state index is -0.475. The van der Waals surface area contributed by atoms with E-state index >= 15 is 0 Å². The number of nitrogens with zero attached hydrogens (tertiary/aromatic N) is 1. The van der Waals surface area contributed by atoms with E-state index in [-0.39, 0.29) is 17.0 Å². The molecule has 0 atom stereocenters. The lowest BCUT2D eigenvalue weighted by Crippen LogP contribution is -1.88. The molecule has 0 amide bonds.